The number of carbonyl (C=O) groups excluding carboxylic acids is 2. The van der Waals surface area contributed by atoms with Gasteiger partial charge in [-0.2, -0.15) is 0 Å². The molecular weight excluding hydrogens is 430 g/mol. The van der Waals surface area contributed by atoms with Gasteiger partial charge in [-0.15, -0.1) is 0 Å². The molecule has 0 fully saturated rings. The number of nitrogens with zero attached hydrogens (tertiary/aromatic N) is 1. The zero-order chi connectivity index (χ0) is 22.7. The standard InChI is InChI=1S/C24H22ClN3O4/c1-15-4-3-5-19(12-15)32-14-22(29)27-28-23(16-6-9-18(31-2)10-7-16)26-21-11-8-17(25)13-20(21)24(28)30/h3-13,23,26H,14H2,1-2H3,(H,27,29). The Hall–Kier alpha value is -3.71. The molecule has 2 amide bonds. The third kappa shape index (κ3) is 4.63. The van der Waals surface area contributed by atoms with Crippen LogP contribution in [0.3, 0.4) is 0 Å². The quantitative estimate of drug-likeness (QED) is 0.583. The summed E-state index contributed by atoms with van der Waals surface area (Å²) in [5, 5.41) is 4.97. The number of carbonyl (C=O) groups is 2. The number of amides is 2. The summed E-state index contributed by atoms with van der Waals surface area (Å²) >= 11 is 6.09. The monoisotopic (exact) mass is 451 g/mol. The van der Waals surface area contributed by atoms with Crippen molar-refractivity contribution in [1.29, 1.82) is 0 Å². The van der Waals surface area contributed by atoms with Gasteiger partial charge in [-0.1, -0.05) is 35.9 Å². The van der Waals surface area contributed by atoms with Gasteiger partial charge >= 0.3 is 0 Å². The van der Waals surface area contributed by atoms with Gasteiger partial charge in [-0.3, -0.25) is 15.0 Å². The van der Waals surface area contributed by atoms with E-state index >= 15 is 0 Å². The van der Waals surface area contributed by atoms with Crippen molar-refractivity contribution in [2.24, 2.45) is 0 Å². The maximum absolute atomic E-state index is 13.3. The maximum Gasteiger partial charge on any atom is 0.276 e. The molecule has 0 saturated carbocycles. The Balaban J connectivity index is 1.57. The molecule has 3 aromatic rings. The molecule has 0 radical (unpaired) electrons. The van der Waals surface area contributed by atoms with E-state index in [1.165, 1.54) is 5.01 Å². The molecule has 2 N–H and O–H groups in total. The van der Waals surface area contributed by atoms with Crippen LogP contribution in [-0.2, 0) is 4.79 Å². The Kier molecular flexibility index (Phi) is 6.18. The van der Waals surface area contributed by atoms with Crippen molar-refractivity contribution in [2.45, 2.75) is 13.1 Å². The molecule has 4 rings (SSSR count). The summed E-state index contributed by atoms with van der Waals surface area (Å²) in [5.41, 5.74) is 5.45. The van der Waals surface area contributed by atoms with Gasteiger partial charge in [0.15, 0.2) is 6.61 Å². The molecule has 0 aliphatic carbocycles. The lowest BCUT2D eigenvalue weighted by atomic mass is 10.0. The summed E-state index contributed by atoms with van der Waals surface area (Å²) < 4.78 is 10.8. The van der Waals surface area contributed by atoms with Gasteiger partial charge in [0.05, 0.1) is 12.7 Å². The number of aryl methyl sites for hydroxylation is 1. The lowest BCUT2D eigenvalue weighted by Gasteiger charge is -2.37. The molecular formula is C24H22ClN3O4. The Bertz CT molecular complexity index is 1150. The smallest absolute Gasteiger partial charge is 0.276 e. The summed E-state index contributed by atoms with van der Waals surface area (Å²) in [7, 11) is 1.58. The van der Waals surface area contributed by atoms with Crippen molar-refractivity contribution < 1.29 is 19.1 Å². The summed E-state index contributed by atoms with van der Waals surface area (Å²) in [6.45, 7) is 1.69. The second-order valence-electron chi connectivity index (χ2n) is 7.33. The van der Waals surface area contributed by atoms with E-state index in [4.69, 9.17) is 21.1 Å². The topological polar surface area (TPSA) is 79.9 Å². The number of ether oxygens (including phenoxy) is 2. The number of nitrogens with one attached hydrogen (secondary N) is 2. The summed E-state index contributed by atoms with van der Waals surface area (Å²) in [6.07, 6.45) is -0.634. The van der Waals surface area contributed by atoms with Gasteiger partial charge in [0.1, 0.15) is 17.7 Å². The summed E-state index contributed by atoms with van der Waals surface area (Å²) in [4.78, 5) is 25.9. The Morgan fingerprint density at radius 1 is 1.09 bits per heavy atom. The molecule has 3 aromatic carbocycles. The predicted molar refractivity (Wildman–Crippen MR) is 122 cm³/mol. The number of methoxy groups -OCH3 is 1. The minimum absolute atomic E-state index is 0.245. The first kappa shape index (κ1) is 21.5. The predicted octanol–water partition coefficient (Wildman–Crippen LogP) is 4.33. The van der Waals surface area contributed by atoms with Crippen molar-refractivity contribution in [2.75, 3.05) is 19.0 Å². The van der Waals surface area contributed by atoms with E-state index in [9.17, 15) is 9.59 Å². The second kappa shape index (κ2) is 9.20. The van der Waals surface area contributed by atoms with Crippen LogP contribution < -0.4 is 20.2 Å². The summed E-state index contributed by atoms with van der Waals surface area (Å²) in [6, 6.07) is 19.6. The highest BCUT2D eigenvalue weighted by Gasteiger charge is 2.34. The minimum atomic E-state index is -0.634. The number of hydrazine groups is 1. The summed E-state index contributed by atoms with van der Waals surface area (Å²) in [5.74, 6) is 0.411. The fourth-order valence-electron chi connectivity index (χ4n) is 3.43. The zero-order valence-electron chi connectivity index (χ0n) is 17.6. The van der Waals surface area contributed by atoms with Gasteiger partial charge in [0.2, 0.25) is 0 Å². The van der Waals surface area contributed by atoms with Crippen molar-refractivity contribution in [3.8, 4) is 11.5 Å². The van der Waals surface area contributed by atoms with E-state index in [-0.39, 0.29) is 12.5 Å². The molecule has 1 aliphatic rings. The van der Waals surface area contributed by atoms with Crippen molar-refractivity contribution in [1.82, 2.24) is 10.4 Å². The van der Waals surface area contributed by atoms with E-state index in [0.717, 1.165) is 11.1 Å². The Morgan fingerprint density at radius 3 is 2.59 bits per heavy atom. The van der Waals surface area contributed by atoms with Gasteiger partial charge < -0.3 is 14.8 Å². The van der Waals surface area contributed by atoms with Crippen LogP contribution in [-0.4, -0.2) is 30.5 Å². The molecule has 8 heteroatoms. The molecule has 1 unspecified atom stereocenters. The lowest BCUT2D eigenvalue weighted by Crippen LogP contribution is -2.53. The van der Waals surface area contributed by atoms with Crippen LogP contribution >= 0.6 is 11.6 Å². The lowest BCUT2D eigenvalue weighted by molar-refractivity contribution is -0.127. The van der Waals surface area contributed by atoms with Crippen molar-refractivity contribution in [3.05, 3.63) is 88.4 Å². The molecule has 32 heavy (non-hydrogen) atoms. The number of rotatable bonds is 6. The fraction of sp³-hybridized carbons (Fsp3) is 0.167. The van der Waals surface area contributed by atoms with E-state index < -0.39 is 12.1 Å². The molecule has 0 spiro atoms. The Morgan fingerprint density at radius 2 is 1.88 bits per heavy atom. The normalized spacial score (nSPS) is 14.9. The van der Waals surface area contributed by atoms with E-state index in [1.54, 1.807) is 43.5 Å². The highest BCUT2D eigenvalue weighted by Crippen LogP contribution is 2.34. The highest BCUT2D eigenvalue weighted by molar-refractivity contribution is 6.31. The average Bonchev–Trinajstić information content (AvgIpc) is 2.80. The molecule has 1 aliphatic heterocycles. The van der Waals surface area contributed by atoms with Crippen LogP contribution in [0.15, 0.2) is 66.7 Å². The average molecular weight is 452 g/mol. The third-order valence-corrected chi connectivity index (χ3v) is 5.25. The highest BCUT2D eigenvalue weighted by atomic mass is 35.5. The third-order valence-electron chi connectivity index (χ3n) is 5.02. The first-order valence-corrected chi connectivity index (χ1v) is 10.3. The van der Waals surface area contributed by atoms with E-state index in [1.807, 2.05) is 37.3 Å². The van der Waals surface area contributed by atoms with Crippen molar-refractivity contribution in [3.63, 3.8) is 0 Å². The minimum Gasteiger partial charge on any atom is -0.497 e. The van der Waals surface area contributed by atoms with Gasteiger partial charge in [0, 0.05) is 10.7 Å². The van der Waals surface area contributed by atoms with E-state index in [0.29, 0.717) is 27.8 Å². The van der Waals surface area contributed by atoms with Crippen LogP contribution in [0.4, 0.5) is 5.69 Å². The van der Waals surface area contributed by atoms with Gasteiger partial charge in [0.25, 0.3) is 11.8 Å². The van der Waals surface area contributed by atoms with Crippen LogP contribution in [0.5, 0.6) is 11.5 Å². The molecule has 7 nitrogen and oxygen atoms in total. The van der Waals surface area contributed by atoms with Crippen LogP contribution in [0.2, 0.25) is 5.02 Å². The number of benzene rings is 3. The molecule has 1 atom stereocenters. The van der Waals surface area contributed by atoms with Crippen LogP contribution in [0.1, 0.15) is 27.7 Å². The molecule has 0 saturated heterocycles. The SMILES string of the molecule is COc1ccc(C2Nc3ccc(Cl)cc3C(=O)N2NC(=O)COc2cccc(C)c2)cc1. The van der Waals surface area contributed by atoms with Crippen molar-refractivity contribution >= 4 is 29.1 Å². The number of anilines is 1. The largest absolute Gasteiger partial charge is 0.497 e. The van der Waals surface area contributed by atoms with Gasteiger partial charge in [-0.05, 0) is 60.5 Å². The zero-order valence-corrected chi connectivity index (χ0v) is 18.3. The molecule has 1 heterocycles. The first-order chi connectivity index (χ1) is 15.4. The van der Waals surface area contributed by atoms with Crippen LogP contribution in [0.25, 0.3) is 0 Å². The molecule has 0 bridgehead atoms. The van der Waals surface area contributed by atoms with Crippen LogP contribution in [0, 0.1) is 6.92 Å². The second-order valence-corrected chi connectivity index (χ2v) is 7.76. The number of hydrogen-bond acceptors (Lipinski definition) is 5. The molecule has 164 valence electrons. The maximum atomic E-state index is 13.3. The van der Waals surface area contributed by atoms with Gasteiger partial charge in [-0.25, -0.2) is 5.01 Å². The van der Waals surface area contributed by atoms with E-state index in [2.05, 4.69) is 10.7 Å². The number of halogens is 1. The fourth-order valence-corrected chi connectivity index (χ4v) is 3.60. The number of hydrogen-bond donors (Lipinski definition) is 2. The first-order valence-electron chi connectivity index (χ1n) is 9.97. The number of fused-ring (bicyclic) bond motifs is 1. The Labute approximate surface area is 190 Å². The molecule has 0 aromatic heterocycles.